The number of aromatic nitrogens is 3. The van der Waals surface area contributed by atoms with E-state index in [2.05, 4.69) is 16.1 Å². The second-order valence-electron chi connectivity index (χ2n) is 2.97. The van der Waals surface area contributed by atoms with Gasteiger partial charge in [0.2, 0.25) is 0 Å². The summed E-state index contributed by atoms with van der Waals surface area (Å²) in [5, 5.41) is 4.08. The van der Waals surface area contributed by atoms with Crippen LogP contribution < -0.4 is 5.73 Å². The summed E-state index contributed by atoms with van der Waals surface area (Å²) in [4.78, 5) is 3.99. The predicted molar refractivity (Wildman–Crippen MR) is 50.4 cm³/mol. The Bertz CT molecular complexity index is 393. The fourth-order valence-corrected chi connectivity index (χ4v) is 1.41. The van der Waals surface area contributed by atoms with Crippen molar-refractivity contribution >= 4 is 5.52 Å². The van der Waals surface area contributed by atoms with Crippen LogP contribution in [-0.2, 0) is 6.42 Å². The molecule has 2 aromatic rings. The highest BCUT2D eigenvalue weighted by molar-refractivity contribution is 5.52. The third-order valence-electron chi connectivity index (χ3n) is 2.08. The molecule has 4 nitrogen and oxygen atoms in total. The summed E-state index contributed by atoms with van der Waals surface area (Å²) in [6.45, 7) is 0.727. The van der Waals surface area contributed by atoms with Crippen molar-refractivity contribution in [2.45, 2.75) is 12.8 Å². The monoisotopic (exact) mass is 176 g/mol. The molecule has 0 spiro atoms. The first-order chi connectivity index (χ1) is 6.42. The van der Waals surface area contributed by atoms with Crippen molar-refractivity contribution in [2.24, 2.45) is 5.73 Å². The molecule has 13 heavy (non-hydrogen) atoms. The number of fused-ring (bicyclic) bond motifs is 1. The normalized spacial score (nSPS) is 10.8. The summed E-state index contributed by atoms with van der Waals surface area (Å²) in [5.41, 5.74) is 7.80. The Balaban J connectivity index is 2.35. The molecule has 0 saturated carbocycles. The molecule has 0 aliphatic carbocycles. The molecule has 0 atom stereocenters. The van der Waals surface area contributed by atoms with Crippen LogP contribution in [-0.4, -0.2) is 21.1 Å². The Morgan fingerprint density at radius 1 is 1.46 bits per heavy atom. The number of nitrogens with two attached hydrogens (primary N) is 1. The smallest absolute Gasteiger partial charge is 0.136 e. The molecule has 0 aromatic carbocycles. The Morgan fingerprint density at radius 2 is 2.38 bits per heavy atom. The first-order valence-corrected chi connectivity index (χ1v) is 4.38. The quantitative estimate of drug-likeness (QED) is 0.745. The maximum Gasteiger partial charge on any atom is 0.136 e. The van der Waals surface area contributed by atoms with Gasteiger partial charge >= 0.3 is 0 Å². The van der Waals surface area contributed by atoms with E-state index in [1.54, 1.807) is 6.33 Å². The molecule has 0 aliphatic heterocycles. The molecule has 0 fully saturated rings. The third-order valence-corrected chi connectivity index (χ3v) is 2.08. The van der Waals surface area contributed by atoms with Gasteiger partial charge in [-0.2, -0.15) is 5.10 Å². The molecule has 0 saturated heterocycles. The summed E-state index contributed by atoms with van der Waals surface area (Å²) < 4.78 is 1.83. The molecular formula is C9H12N4. The minimum absolute atomic E-state index is 0.727. The molecule has 2 heterocycles. The summed E-state index contributed by atoms with van der Waals surface area (Å²) in [7, 11) is 0. The lowest BCUT2D eigenvalue weighted by atomic mass is 10.1. The van der Waals surface area contributed by atoms with Crippen LogP contribution in [0.3, 0.4) is 0 Å². The van der Waals surface area contributed by atoms with Gasteiger partial charge in [-0.1, -0.05) is 0 Å². The van der Waals surface area contributed by atoms with Gasteiger partial charge in [-0.05, 0) is 31.0 Å². The number of nitrogens with zero attached hydrogens (tertiary/aromatic N) is 3. The Labute approximate surface area is 76.4 Å². The molecule has 2 rings (SSSR count). The van der Waals surface area contributed by atoms with E-state index in [1.165, 1.54) is 5.56 Å². The van der Waals surface area contributed by atoms with E-state index >= 15 is 0 Å². The molecule has 2 N–H and O–H groups in total. The molecule has 2 aromatic heterocycles. The summed E-state index contributed by atoms with van der Waals surface area (Å²) >= 11 is 0. The highest BCUT2D eigenvalue weighted by Gasteiger charge is 2.01. The van der Waals surface area contributed by atoms with Gasteiger partial charge < -0.3 is 5.73 Å². The van der Waals surface area contributed by atoms with Crippen LogP contribution in [0.15, 0.2) is 24.8 Å². The molecule has 0 aliphatic rings. The average molecular weight is 176 g/mol. The van der Waals surface area contributed by atoms with Crippen molar-refractivity contribution in [3.63, 3.8) is 0 Å². The van der Waals surface area contributed by atoms with E-state index in [0.717, 1.165) is 24.9 Å². The van der Waals surface area contributed by atoms with Crippen molar-refractivity contribution in [1.29, 1.82) is 0 Å². The average Bonchev–Trinajstić information content (AvgIpc) is 2.58. The van der Waals surface area contributed by atoms with Crippen LogP contribution in [0.25, 0.3) is 5.52 Å². The molecule has 68 valence electrons. The number of rotatable bonds is 3. The van der Waals surface area contributed by atoms with Gasteiger partial charge in [-0.15, -0.1) is 0 Å². The van der Waals surface area contributed by atoms with Crippen molar-refractivity contribution in [3.8, 4) is 0 Å². The van der Waals surface area contributed by atoms with Crippen molar-refractivity contribution in [3.05, 3.63) is 30.4 Å². The molecule has 0 radical (unpaired) electrons. The predicted octanol–water partition coefficient (Wildman–Crippen LogP) is 0.621. The topological polar surface area (TPSA) is 56.2 Å². The lowest BCUT2D eigenvalue weighted by molar-refractivity contribution is 0.833. The third kappa shape index (κ3) is 1.53. The van der Waals surface area contributed by atoms with E-state index < -0.39 is 0 Å². The Morgan fingerprint density at radius 3 is 3.23 bits per heavy atom. The first kappa shape index (κ1) is 8.19. The van der Waals surface area contributed by atoms with Crippen molar-refractivity contribution < 1.29 is 0 Å². The Kier molecular flexibility index (Phi) is 2.23. The van der Waals surface area contributed by atoms with Gasteiger partial charge in [0.25, 0.3) is 0 Å². The van der Waals surface area contributed by atoms with Crippen LogP contribution in [0.5, 0.6) is 0 Å². The number of hydrogen-bond donors (Lipinski definition) is 1. The Hall–Kier alpha value is -1.42. The summed E-state index contributed by atoms with van der Waals surface area (Å²) in [6.07, 6.45) is 7.33. The zero-order valence-electron chi connectivity index (χ0n) is 7.35. The molecule has 4 heteroatoms. The van der Waals surface area contributed by atoms with E-state index in [-0.39, 0.29) is 0 Å². The molecule has 0 unspecified atom stereocenters. The number of hydrogen-bond acceptors (Lipinski definition) is 3. The number of aryl methyl sites for hydroxylation is 1. The zero-order chi connectivity index (χ0) is 9.10. The van der Waals surface area contributed by atoms with Gasteiger partial charge in [0.15, 0.2) is 0 Å². The summed E-state index contributed by atoms with van der Waals surface area (Å²) in [6, 6.07) is 2.07. The van der Waals surface area contributed by atoms with E-state index in [9.17, 15) is 0 Å². The molecular weight excluding hydrogens is 164 g/mol. The first-order valence-electron chi connectivity index (χ1n) is 4.38. The standard InChI is InChI=1S/C9H12N4/c10-4-1-2-8-3-5-13-9(8)6-11-7-12-13/h3,5-7H,1-2,4,10H2. The van der Waals surface area contributed by atoms with E-state index in [1.807, 2.05) is 16.9 Å². The van der Waals surface area contributed by atoms with Gasteiger partial charge in [0.1, 0.15) is 6.33 Å². The minimum Gasteiger partial charge on any atom is -0.330 e. The van der Waals surface area contributed by atoms with Crippen LogP contribution in [0.4, 0.5) is 0 Å². The maximum absolute atomic E-state index is 5.45. The maximum atomic E-state index is 5.45. The lowest BCUT2D eigenvalue weighted by Gasteiger charge is -1.96. The second kappa shape index (κ2) is 3.53. The van der Waals surface area contributed by atoms with Crippen LogP contribution in [0.1, 0.15) is 12.0 Å². The SMILES string of the molecule is NCCCc1ccn2ncncc12. The van der Waals surface area contributed by atoms with Gasteiger partial charge in [0, 0.05) is 6.20 Å². The van der Waals surface area contributed by atoms with Crippen molar-refractivity contribution in [1.82, 2.24) is 14.6 Å². The van der Waals surface area contributed by atoms with Crippen molar-refractivity contribution in [2.75, 3.05) is 6.54 Å². The second-order valence-corrected chi connectivity index (χ2v) is 2.97. The zero-order valence-corrected chi connectivity index (χ0v) is 7.35. The van der Waals surface area contributed by atoms with Crippen LogP contribution in [0, 0.1) is 0 Å². The van der Waals surface area contributed by atoms with Gasteiger partial charge in [0.05, 0.1) is 11.7 Å². The van der Waals surface area contributed by atoms with E-state index in [4.69, 9.17) is 5.73 Å². The lowest BCUT2D eigenvalue weighted by Crippen LogP contribution is -2.00. The fraction of sp³-hybridized carbons (Fsp3) is 0.333. The van der Waals surface area contributed by atoms with Crippen LogP contribution >= 0.6 is 0 Å². The summed E-state index contributed by atoms with van der Waals surface area (Å²) in [5.74, 6) is 0. The minimum atomic E-state index is 0.727. The highest BCUT2D eigenvalue weighted by atomic mass is 15.2. The van der Waals surface area contributed by atoms with Crippen LogP contribution in [0.2, 0.25) is 0 Å². The largest absolute Gasteiger partial charge is 0.330 e. The highest BCUT2D eigenvalue weighted by Crippen LogP contribution is 2.11. The van der Waals surface area contributed by atoms with Gasteiger partial charge in [-0.3, -0.25) is 0 Å². The molecule has 0 bridgehead atoms. The fourth-order valence-electron chi connectivity index (χ4n) is 1.41. The van der Waals surface area contributed by atoms with E-state index in [0.29, 0.717) is 0 Å². The molecule has 0 amide bonds. The van der Waals surface area contributed by atoms with Gasteiger partial charge in [-0.25, -0.2) is 9.50 Å².